The second-order valence-corrected chi connectivity index (χ2v) is 8.69. The van der Waals surface area contributed by atoms with Crippen LogP contribution in [0.5, 0.6) is 5.75 Å². The Morgan fingerprint density at radius 2 is 1.64 bits per heavy atom. The van der Waals surface area contributed by atoms with Gasteiger partial charge in [0.25, 0.3) is 5.91 Å². The van der Waals surface area contributed by atoms with Gasteiger partial charge in [0.2, 0.25) is 5.91 Å². The Labute approximate surface area is 196 Å². The van der Waals surface area contributed by atoms with Gasteiger partial charge in [-0.05, 0) is 43.9 Å². The summed E-state index contributed by atoms with van der Waals surface area (Å²) in [7, 11) is 0. The lowest BCUT2D eigenvalue weighted by Gasteiger charge is -2.32. The van der Waals surface area contributed by atoms with Gasteiger partial charge in [-0.3, -0.25) is 14.4 Å². The molecule has 0 bridgehead atoms. The zero-order chi connectivity index (χ0) is 23.6. The normalized spacial score (nSPS) is 14.1. The molecule has 0 atom stereocenters. The first-order chi connectivity index (χ1) is 15.9. The number of carbonyl (C=O) groups is 3. The predicted octanol–water partition coefficient (Wildman–Crippen LogP) is 4.10. The smallest absolute Gasteiger partial charge is 0.258 e. The molecule has 2 aromatic carbocycles. The Hall–Kier alpha value is -3.15. The maximum Gasteiger partial charge on any atom is 0.258 e. The molecule has 0 spiro atoms. The first-order valence-electron chi connectivity index (χ1n) is 11.8. The van der Waals surface area contributed by atoms with Gasteiger partial charge >= 0.3 is 0 Å². The van der Waals surface area contributed by atoms with Crippen molar-refractivity contribution < 1.29 is 19.1 Å². The molecule has 6 heteroatoms. The quantitative estimate of drug-likeness (QED) is 0.553. The van der Waals surface area contributed by atoms with Crippen LogP contribution < -0.4 is 10.1 Å². The van der Waals surface area contributed by atoms with Gasteiger partial charge < -0.3 is 15.0 Å². The van der Waals surface area contributed by atoms with Crippen molar-refractivity contribution in [1.82, 2.24) is 10.2 Å². The summed E-state index contributed by atoms with van der Waals surface area (Å²) in [6.07, 6.45) is 3.97. The van der Waals surface area contributed by atoms with Gasteiger partial charge in [-0.15, -0.1) is 0 Å². The number of amides is 2. The van der Waals surface area contributed by atoms with Crippen LogP contribution in [0.25, 0.3) is 0 Å². The molecule has 1 saturated heterocycles. The van der Waals surface area contributed by atoms with Crippen LogP contribution in [0, 0.1) is 6.92 Å². The van der Waals surface area contributed by atoms with E-state index in [1.807, 2.05) is 55.5 Å². The minimum atomic E-state index is -0.152. The molecular weight excluding hydrogens is 416 g/mol. The van der Waals surface area contributed by atoms with Crippen LogP contribution >= 0.6 is 0 Å². The molecule has 2 amide bonds. The average Bonchev–Trinajstić information content (AvgIpc) is 2.83. The van der Waals surface area contributed by atoms with E-state index < -0.39 is 0 Å². The van der Waals surface area contributed by atoms with E-state index in [1.165, 1.54) is 5.56 Å². The largest absolute Gasteiger partial charge is 0.484 e. The highest BCUT2D eigenvalue weighted by Crippen LogP contribution is 2.15. The number of Topliss-reactive ketones (excluding diaryl/α,β-unsaturated/α-hetero) is 1. The molecule has 1 aliphatic rings. The van der Waals surface area contributed by atoms with Gasteiger partial charge in [0.15, 0.2) is 12.4 Å². The summed E-state index contributed by atoms with van der Waals surface area (Å²) in [6, 6.07) is 15.3. The number of aryl methyl sites for hydroxylation is 2. The summed E-state index contributed by atoms with van der Waals surface area (Å²) in [5.41, 5.74) is 3.01. The number of ketones is 1. The molecule has 1 aliphatic heterocycles. The number of ether oxygens (including phenoxy) is 1. The maximum absolute atomic E-state index is 12.5. The van der Waals surface area contributed by atoms with E-state index in [1.54, 1.807) is 4.90 Å². The number of hydrogen-bond acceptors (Lipinski definition) is 4. The van der Waals surface area contributed by atoms with E-state index >= 15 is 0 Å². The van der Waals surface area contributed by atoms with Crippen LogP contribution in [0.2, 0.25) is 0 Å². The molecule has 176 valence electrons. The van der Waals surface area contributed by atoms with Crippen molar-refractivity contribution in [3.63, 3.8) is 0 Å². The summed E-state index contributed by atoms with van der Waals surface area (Å²) in [5.74, 6) is 0.521. The molecule has 0 aliphatic carbocycles. The number of piperidine rings is 1. The fourth-order valence-electron chi connectivity index (χ4n) is 3.99. The minimum Gasteiger partial charge on any atom is -0.484 e. The molecule has 2 aromatic rings. The lowest BCUT2D eigenvalue weighted by molar-refractivity contribution is -0.132. The molecular formula is C27H34N2O4. The number of carbonyl (C=O) groups excluding carboxylic acids is 3. The van der Waals surface area contributed by atoms with E-state index in [0.717, 1.165) is 18.4 Å². The molecule has 3 rings (SSSR count). The molecule has 1 fully saturated rings. The summed E-state index contributed by atoms with van der Waals surface area (Å²) in [6.45, 7) is 5.27. The average molecular weight is 451 g/mol. The van der Waals surface area contributed by atoms with Crippen molar-refractivity contribution in [1.29, 1.82) is 0 Å². The number of likely N-dealkylation sites (tertiary alicyclic amines) is 1. The van der Waals surface area contributed by atoms with Gasteiger partial charge in [-0.2, -0.15) is 0 Å². The van der Waals surface area contributed by atoms with Gasteiger partial charge in [-0.1, -0.05) is 55.3 Å². The van der Waals surface area contributed by atoms with E-state index in [9.17, 15) is 14.4 Å². The van der Waals surface area contributed by atoms with Crippen molar-refractivity contribution in [2.24, 2.45) is 0 Å². The Bertz CT molecular complexity index is 930. The van der Waals surface area contributed by atoms with Gasteiger partial charge in [0.05, 0.1) is 0 Å². The fraction of sp³-hybridized carbons (Fsp3) is 0.444. The Kier molecular flexibility index (Phi) is 9.04. The Balaban J connectivity index is 1.34. The van der Waals surface area contributed by atoms with Crippen LogP contribution in [0.15, 0.2) is 48.5 Å². The van der Waals surface area contributed by atoms with Crippen molar-refractivity contribution >= 4 is 17.6 Å². The van der Waals surface area contributed by atoms with E-state index in [4.69, 9.17) is 4.74 Å². The van der Waals surface area contributed by atoms with Crippen LogP contribution in [-0.4, -0.2) is 48.2 Å². The maximum atomic E-state index is 12.5. The third-order valence-electron chi connectivity index (χ3n) is 5.98. The third kappa shape index (κ3) is 7.74. The molecule has 0 radical (unpaired) electrons. The van der Waals surface area contributed by atoms with Crippen LogP contribution in [0.4, 0.5) is 0 Å². The first-order valence-corrected chi connectivity index (χ1v) is 11.8. The van der Waals surface area contributed by atoms with Crippen molar-refractivity contribution in [3.8, 4) is 5.75 Å². The summed E-state index contributed by atoms with van der Waals surface area (Å²) in [4.78, 5) is 38.8. The third-order valence-corrected chi connectivity index (χ3v) is 5.98. The highest BCUT2D eigenvalue weighted by molar-refractivity contribution is 5.98. The van der Waals surface area contributed by atoms with Gasteiger partial charge in [-0.25, -0.2) is 0 Å². The number of hydrogen-bond donors (Lipinski definition) is 1. The first kappa shape index (κ1) is 24.5. The molecule has 0 unspecified atom stereocenters. The minimum absolute atomic E-state index is 0.00454. The molecule has 0 saturated carbocycles. The van der Waals surface area contributed by atoms with Crippen molar-refractivity contribution in [3.05, 3.63) is 65.2 Å². The highest BCUT2D eigenvalue weighted by atomic mass is 16.5. The summed E-state index contributed by atoms with van der Waals surface area (Å²) >= 11 is 0. The second-order valence-electron chi connectivity index (χ2n) is 8.69. The lowest BCUT2D eigenvalue weighted by atomic mass is 10.0. The Morgan fingerprint density at radius 3 is 2.27 bits per heavy atom. The van der Waals surface area contributed by atoms with E-state index in [-0.39, 0.29) is 43.1 Å². The summed E-state index contributed by atoms with van der Waals surface area (Å²) in [5, 5.41) is 3.00. The van der Waals surface area contributed by atoms with Gasteiger partial charge in [0, 0.05) is 37.5 Å². The molecule has 1 N–H and O–H groups in total. The van der Waals surface area contributed by atoms with Gasteiger partial charge in [0.1, 0.15) is 5.75 Å². The van der Waals surface area contributed by atoms with E-state index in [0.29, 0.717) is 37.2 Å². The summed E-state index contributed by atoms with van der Waals surface area (Å²) < 4.78 is 5.59. The standard InChI is InChI=1S/C27H34N2O4/c1-3-4-21-7-11-24(12-8-21)33-19-26(31)28-23-15-17-29(18-16-23)27(32)14-13-25(30)22-9-5-20(2)6-10-22/h5-12,23H,3-4,13-19H2,1-2H3,(H,28,31). The van der Waals surface area contributed by atoms with Crippen LogP contribution in [0.1, 0.15) is 60.5 Å². The number of nitrogens with zero attached hydrogens (tertiary/aromatic N) is 1. The zero-order valence-corrected chi connectivity index (χ0v) is 19.6. The molecule has 33 heavy (non-hydrogen) atoms. The SMILES string of the molecule is CCCc1ccc(OCC(=O)NC2CCN(C(=O)CCC(=O)c3ccc(C)cc3)CC2)cc1. The van der Waals surface area contributed by atoms with Crippen molar-refractivity contribution in [2.75, 3.05) is 19.7 Å². The van der Waals surface area contributed by atoms with Crippen molar-refractivity contribution in [2.45, 2.75) is 58.4 Å². The lowest BCUT2D eigenvalue weighted by Crippen LogP contribution is -2.47. The number of rotatable bonds is 10. The second kappa shape index (κ2) is 12.2. The molecule has 0 aromatic heterocycles. The highest BCUT2D eigenvalue weighted by Gasteiger charge is 2.24. The van der Waals surface area contributed by atoms with Crippen LogP contribution in [0.3, 0.4) is 0 Å². The number of nitrogens with one attached hydrogen (secondary N) is 1. The predicted molar refractivity (Wildman–Crippen MR) is 128 cm³/mol. The zero-order valence-electron chi connectivity index (χ0n) is 19.6. The monoisotopic (exact) mass is 450 g/mol. The fourth-order valence-corrected chi connectivity index (χ4v) is 3.99. The number of benzene rings is 2. The molecule has 1 heterocycles. The molecule has 6 nitrogen and oxygen atoms in total. The van der Waals surface area contributed by atoms with E-state index in [2.05, 4.69) is 12.2 Å². The topological polar surface area (TPSA) is 75.7 Å². The Morgan fingerprint density at radius 1 is 0.970 bits per heavy atom. The van der Waals surface area contributed by atoms with Crippen LogP contribution in [-0.2, 0) is 16.0 Å².